The van der Waals surface area contributed by atoms with E-state index >= 15 is 0 Å². The summed E-state index contributed by atoms with van der Waals surface area (Å²) in [5.41, 5.74) is 0.292. The van der Waals surface area contributed by atoms with E-state index in [0.717, 1.165) is 6.20 Å². The van der Waals surface area contributed by atoms with Crippen LogP contribution in [0, 0.1) is 0 Å². The Morgan fingerprint density at radius 1 is 1.59 bits per heavy atom. The van der Waals surface area contributed by atoms with Crippen molar-refractivity contribution in [2.45, 2.75) is 18.7 Å². The molecule has 0 aliphatic heterocycles. The zero-order valence-corrected chi connectivity index (χ0v) is 11.2. The Morgan fingerprint density at radius 2 is 2.24 bits per heavy atom. The van der Waals surface area contributed by atoms with Crippen LogP contribution in [-0.4, -0.2) is 18.1 Å². The molecule has 0 radical (unpaired) electrons. The Bertz CT molecular complexity index is 429. The number of nitrogens with zero attached hydrogens (tertiary/aromatic N) is 1. The number of ether oxygens (including phenoxy) is 1. The number of pyridine rings is 1. The molecule has 1 aromatic heterocycles. The molecule has 1 aromatic rings. The normalized spacial score (nSPS) is 10.7. The van der Waals surface area contributed by atoms with Gasteiger partial charge >= 0.3 is 5.97 Å². The number of aromatic nitrogens is 1. The fourth-order valence-corrected chi connectivity index (χ4v) is 2.12. The highest BCUT2D eigenvalue weighted by molar-refractivity contribution is 9.10. The van der Waals surface area contributed by atoms with Crippen molar-refractivity contribution in [1.82, 2.24) is 4.98 Å². The van der Waals surface area contributed by atoms with Crippen molar-refractivity contribution in [2.75, 3.05) is 7.11 Å². The van der Waals surface area contributed by atoms with Gasteiger partial charge in [0, 0.05) is 23.2 Å². The van der Waals surface area contributed by atoms with Crippen LogP contribution >= 0.6 is 27.5 Å². The van der Waals surface area contributed by atoms with Crippen molar-refractivity contribution in [3.63, 3.8) is 0 Å². The Balaban J connectivity index is 3.25. The molecule has 0 N–H and O–H groups in total. The van der Waals surface area contributed by atoms with Crippen molar-refractivity contribution >= 4 is 33.5 Å². The van der Waals surface area contributed by atoms with Gasteiger partial charge in [-0.1, -0.05) is 0 Å². The van der Waals surface area contributed by atoms with Gasteiger partial charge in [-0.25, -0.2) is 13.8 Å². The largest absolute Gasteiger partial charge is 0.469 e. The Labute approximate surface area is 110 Å². The summed E-state index contributed by atoms with van der Waals surface area (Å²) in [4.78, 5) is 14.9. The van der Waals surface area contributed by atoms with Crippen LogP contribution in [0.5, 0.6) is 0 Å². The molecule has 0 atom stereocenters. The van der Waals surface area contributed by atoms with Crippen LogP contribution in [0.25, 0.3) is 0 Å². The number of methoxy groups -OCH3 is 1. The summed E-state index contributed by atoms with van der Waals surface area (Å²) in [6.45, 7) is 0. The minimum absolute atomic E-state index is 0.118. The molecule has 0 aliphatic carbocycles. The second-order valence-electron chi connectivity index (χ2n) is 3.15. The molecule has 0 fully saturated rings. The highest BCUT2D eigenvalue weighted by Crippen LogP contribution is 2.30. The third kappa shape index (κ3) is 3.35. The lowest BCUT2D eigenvalue weighted by Gasteiger charge is -2.12. The molecular formula is C10H9BrClF2NO2. The van der Waals surface area contributed by atoms with Gasteiger partial charge in [0.2, 0.25) is 0 Å². The van der Waals surface area contributed by atoms with Crippen LogP contribution in [0.4, 0.5) is 8.78 Å². The molecule has 0 unspecified atom stereocenters. The van der Waals surface area contributed by atoms with Crippen LogP contribution in [0.1, 0.15) is 23.1 Å². The minimum Gasteiger partial charge on any atom is -0.469 e. The maximum Gasteiger partial charge on any atom is 0.310 e. The monoisotopic (exact) mass is 327 g/mol. The van der Waals surface area contributed by atoms with Crippen LogP contribution < -0.4 is 0 Å². The Hall–Kier alpha value is -0.750. The van der Waals surface area contributed by atoms with Crippen molar-refractivity contribution in [1.29, 1.82) is 0 Å². The third-order valence-electron chi connectivity index (χ3n) is 2.20. The van der Waals surface area contributed by atoms with Crippen molar-refractivity contribution in [3.8, 4) is 0 Å². The van der Waals surface area contributed by atoms with Crippen LogP contribution in [0.3, 0.4) is 0 Å². The lowest BCUT2D eigenvalue weighted by atomic mass is 10.0. The maximum absolute atomic E-state index is 12.7. The van der Waals surface area contributed by atoms with Gasteiger partial charge in [0.05, 0.1) is 13.5 Å². The maximum atomic E-state index is 12.7. The molecule has 17 heavy (non-hydrogen) atoms. The van der Waals surface area contributed by atoms with Gasteiger partial charge in [0.25, 0.3) is 6.43 Å². The smallest absolute Gasteiger partial charge is 0.310 e. The predicted molar refractivity (Wildman–Crippen MR) is 62.2 cm³/mol. The lowest BCUT2D eigenvalue weighted by Crippen LogP contribution is -2.10. The molecule has 0 aromatic carbocycles. The SMILES string of the molecule is COC(=O)Cc1c(Br)ncc(C(F)F)c1CCl. The first-order chi connectivity index (χ1) is 8.01. The van der Waals surface area contributed by atoms with E-state index in [1.165, 1.54) is 7.11 Å². The number of alkyl halides is 3. The summed E-state index contributed by atoms with van der Waals surface area (Å²) in [5.74, 6) is -0.655. The highest BCUT2D eigenvalue weighted by Gasteiger charge is 2.20. The predicted octanol–water partition coefficient (Wildman–Crippen LogP) is 3.24. The summed E-state index contributed by atoms with van der Waals surface area (Å²) < 4.78 is 30.2. The number of halogens is 4. The van der Waals surface area contributed by atoms with E-state index in [9.17, 15) is 13.6 Å². The Morgan fingerprint density at radius 3 is 2.71 bits per heavy atom. The molecular weight excluding hydrogens is 319 g/mol. The number of hydrogen-bond donors (Lipinski definition) is 0. The van der Waals surface area contributed by atoms with Gasteiger partial charge in [-0.3, -0.25) is 4.79 Å². The van der Waals surface area contributed by atoms with Crippen molar-refractivity contribution < 1.29 is 18.3 Å². The van der Waals surface area contributed by atoms with Gasteiger partial charge in [-0.15, -0.1) is 11.6 Å². The molecule has 0 spiro atoms. The number of carbonyl (C=O) groups excluding carboxylic acids is 1. The summed E-state index contributed by atoms with van der Waals surface area (Å²) in [7, 11) is 1.22. The van der Waals surface area contributed by atoms with Crippen molar-refractivity contribution in [2.24, 2.45) is 0 Å². The molecule has 0 saturated carbocycles. The summed E-state index contributed by atoms with van der Waals surface area (Å²) in [6.07, 6.45) is -1.78. The fraction of sp³-hybridized carbons (Fsp3) is 0.400. The van der Waals surface area contributed by atoms with E-state index in [1.807, 2.05) is 0 Å². The summed E-state index contributed by atoms with van der Waals surface area (Å²) in [6, 6.07) is 0. The molecule has 1 rings (SSSR count). The third-order valence-corrected chi connectivity index (χ3v) is 3.15. The molecule has 7 heteroatoms. The number of carbonyl (C=O) groups is 1. The van der Waals surface area contributed by atoms with E-state index in [-0.39, 0.29) is 23.4 Å². The van der Waals surface area contributed by atoms with E-state index in [4.69, 9.17) is 11.6 Å². The minimum atomic E-state index is -2.68. The van der Waals surface area contributed by atoms with Gasteiger partial charge in [0.15, 0.2) is 0 Å². The summed E-state index contributed by atoms with van der Waals surface area (Å²) in [5, 5.41) is 0. The summed E-state index contributed by atoms with van der Waals surface area (Å²) >= 11 is 8.75. The van der Waals surface area contributed by atoms with Gasteiger partial charge < -0.3 is 4.74 Å². The van der Waals surface area contributed by atoms with E-state index < -0.39 is 12.4 Å². The first-order valence-corrected chi connectivity index (χ1v) is 5.91. The van der Waals surface area contributed by atoms with Gasteiger partial charge in [-0.2, -0.15) is 0 Å². The number of hydrogen-bond acceptors (Lipinski definition) is 3. The topological polar surface area (TPSA) is 39.2 Å². The van der Waals surface area contributed by atoms with Gasteiger partial charge in [0.1, 0.15) is 4.60 Å². The van der Waals surface area contributed by atoms with E-state index in [1.54, 1.807) is 0 Å². The van der Waals surface area contributed by atoms with E-state index in [2.05, 4.69) is 25.7 Å². The Kier molecular flexibility index (Phi) is 5.27. The van der Waals surface area contributed by atoms with Crippen LogP contribution in [0.2, 0.25) is 0 Å². The molecule has 0 saturated heterocycles. The number of rotatable bonds is 4. The quantitative estimate of drug-likeness (QED) is 0.484. The molecule has 3 nitrogen and oxygen atoms in total. The van der Waals surface area contributed by atoms with Crippen molar-refractivity contribution in [3.05, 3.63) is 27.5 Å². The highest BCUT2D eigenvalue weighted by atomic mass is 79.9. The molecule has 0 aliphatic rings. The molecule has 1 heterocycles. The second-order valence-corrected chi connectivity index (χ2v) is 4.17. The average Bonchev–Trinajstić information content (AvgIpc) is 2.30. The standard InChI is InChI=1S/C10H9BrClF2NO2/c1-17-8(16)2-5-6(3-12)7(10(13)14)4-15-9(5)11/h4,10H,2-3H2,1H3. The molecule has 0 bridgehead atoms. The zero-order valence-electron chi connectivity index (χ0n) is 8.84. The molecule has 0 amide bonds. The second kappa shape index (κ2) is 6.26. The lowest BCUT2D eigenvalue weighted by molar-refractivity contribution is -0.139. The number of esters is 1. The first-order valence-electron chi connectivity index (χ1n) is 4.58. The van der Waals surface area contributed by atoms with Crippen LogP contribution in [0.15, 0.2) is 10.8 Å². The fourth-order valence-electron chi connectivity index (χ4n) is 1.32. The van der Waals surface area contributed by atoms with Crippen LogP contribution in [-0.2, 0) is 21.8 Å². The van der Waals surface area contributed by atoms with E-state index in [0.29, 0.717) is 10.2 Å². The first kappa shape index (κ1) is 14.3. The average molecular weight is 329 g/mol. The zero-order chi connectivity index (χ0) is 13.0. The van der Waals surface area contributed by atoms with Gasteiger partial charge in [-0.05, 0) is 21.5 Å². The molecule has 94 valence electrons.